The second-order valence-corrected chi connectivity index (χ2v) is 11.3. The second kappa shape index (κ2) is 13.4. The number of methoxy groups -OCH3 is 1. The van der Waals surface area contributed by atoms with Crippen LogP contribution in [0.25, 0.3) is 22.8 Å². The van der Waals surface area contributed by atoms with Gasteiger partial charge < -0.3 is 9.64 Å². The number of aromatic nitrogens is 4. The van der Waals surface area contributed by atoms with Gasteiger partial charge in [0.25, 0.3) is 5.91 Å². The normalized spacial score (nSPS) is 13.1. The highest BCUT2D eigenvalue weighted by atomic mass is 35.5. The first kappa shape index (κ1) is 30.1. The molecule has 228 valence electrons. The standard InChI is InChI=1S/C35H31ClFN5O3/c1-45-31-15-12-25(22-30(31)36)34-39-33(24-16-18-38-19-17-24)40-42(34)21-20-41(27-6-2-3-7-27)35(44)29-9-5-4-8-28(29)32(43)23-10-13-26(37)14-11-23/h4-5,8-19,22,27H,2-3,6-7,20-21H2,1H3. The van der Waals surface area contributed by atoms with Crippen molar-refractivity contribution in [3.63, 3.8) is 0 Å². The SMILES string of the molecule is COc1ccc(-c2nc(-c3ccncc3)nn2CCN(C(=O)c2ccccc2C(=O)c2ccc(F)cc2)C2CCCC2)cc1Cl. The Hall–Kier alpha value is -4.89. The summed E-state index contributed by atoms with van der Waals surface area (Å²) in [4.78, 5) is 38.6. The van der Waals surface area contributed by atoms with Gasteiger partial charge in [-0.15, -0.1) is 0 Å². The van der Waals surface area contributed by atoms with Crippen LogP contribution < -0.4 is 4.74 Å². The number of carbonyl (C=O) groups is 2. The van der Waals surface area contributed by atoms with E-state index in [4.69, 9.17) is 26.4 Å². The van der Waals surface area contributed by atoms with E-state index < -0.39 is 5.82 Å². The zero-order valence-electron chi connectivity index (χ0n) is 24.7. The molecule has 0 aliphatic heterocycles. The van der Waals surface area contributed by atoms with Crippen molar-refractivity contribution in [2.45, 2.75) is 38.3 Å². The van der Waals surface area contributed by atoms with Gasteiger partial charge in [0.15, 0.2) is 17.4 Å². The zero-order valence-corrected chi connectivity index (χ0v) is 25.5. The molecule has 1 fully saturated rings. The topological polar surface area (TPSA) is 90.2 Å². The average Bonchev–Trinajstić information content (AvgIpc) is 3.76. The van der Waals surface area contributed by atoms with Crippen LogP contribution in [-0.4, -0.2) is 56.0 Å². The van der Waals surface area contributed by atoms with Crippen molar-refractivity contribution in [3.05, 3.63) is 119 Å². The van der Waals surface area contributed by atoms with Gasteiger partial charge in [-0.25, -0.2) is 14.1 Å². The lowest BCUT2D eigenvalue weighted by Crippen LogP contribution is -2.41. The van der Waals surface area contributed by atoms with Gasteiger partial charge in [0.05, 0.1) is 24.2 Å². The Morgan fingerprint density at radius 3 is 2.36 bits per heavy atom. The minimum atomic E-state index is -0.431. The number of nitrogens with zero attached hydrogens (tertiary/aromatic N) is 5. The third-order valence-corrected chi connectivity index (χ3v) is 8.40. The lowest BCUT2D eigenvalue weighted by molar-refractivity contribution is 0.0668. The summed E-state index contributed by atoms with van der Waals surface area (Å²) in [5.74, 6) is 0.677. The zero-order chi connectivity index (χ0) is 31.3. The fourth-order valence-electron chi connectivity index (χ4n) is 5.79. The number of ether oxygens (including phenoxy) is 1. The van der Waals surface area contributed by atoms with Crippen LogP contribution in [0, 0.1) is 5.82 Å². The number of benzene rings is 3. The molecule has 0 spiro atoms. The molecule has 0 radical (unpaired) electrons. The van der Waals surface area contributed by atoms with Crippen molar-refractivity contribution in [1.82, 2.24) is 24.6 Å². The van der Waals surface area contributed by atoms with Crippen molar-refractivity contribution >= 4 is 23.3 Å². The summed E-state index contributed by atoms with van der Waals surface area (Å²) in [7, 11) is 1.56. The molecule has 1 aliphatic carbocycles. The molecule has 10 heteroatoms. The summed E-state index contributed by atoms with van der Waals surface area (Å²) in [5.41, 5.74) is 2.48. The van der Waals surface area contributed by atoms with E-state index in [0.29, 0.717) is 46.6 Å². The van der Waals surface area contributed by atoms with E-state index >= 15 is 0 Å². The molecule has 1 saturated carbocycles. The number of carbonyl (C=O) groups excluding carboxylic acids is 2. The number of hydrogen-bond acceptors (Lipinski definition) is 6. The van der Waals surface area contributed by atoms with Gasteiger partial charge in [-0.3, -0.25) is 14.6 Å². The first-order chi connectivity index (χ1) is 21.9. The highest BCUT2D eigenvalue weighted by molar-refractivity contribution is 6.32. The molecule has 6 rings (SSSR count). The van der Waals surface area contributed by atoms with E-state index in [-0.39, 0.29) is 23.3 Å². The minimum absolute atomic E-state index is 0.0218. The molecular formula is C35H31ClFN5O3. The van der Waals surface area contributed by atoms with Gasteiger partial charge in [-0.05, 0) is 73.5 Å². The van der Waals surface area contributed by atoms with E-state index in [1.807, 2.05) is 23.1 Å². The van der Waals surface area contributed by atoms with Gasteiger partial charge in [-0.2, -0.15) is 5.10 Å². The van der Waals surface area contributed by atoms with Crippen LogP contribution in [0.1, 0.15) is 52.0 Å². The minimum Gasteiger partial charge on any atom is -0.495 e. The van der Waals surface area contributed by atoms with Crippen LogP contribution in [0.15, 0.2) is 91.3 Å². The first-order valence-electron chi connectivity index (χ1n) is 14.8. The number of ketones is 1. The predicted octanol–water partition coefficient (Wildman–Crippen LogP) is 7.12. The molecule has 0 unspecified atom stereocenters. The van der Waals surface area contributed by atoms with Crippen LogP contribution in [-0.2, 0) is 6.54 Å². The highest BCUT2D eigenvalue weighted by Gasteiger charge is 2.30. The molecule has 1 aliphatic rings. The lowest BCUT2D eigenvalue weighted by Gasteiger charge is -2.30. The first-order valence-corrected chi connectivity index (χ1v) is 15.2. The summed E-state index contributed by atoms with van der Waals surface area (Å²) in [5, 5.41) is 5.28. The molecule has 5 aromatic rings. The molecule has 3 aromatic carbocycles. The third-order valence-electron chi connectivity index (χ3n) is 8.11. The summed E-state index contributed by atoms with van der Waals surface area (Å²) >= 11 is 6.48. The summed E-state index contributed by atoms with van der Waals surface area (Å²) in [6.45, 7) is 0.700. The monoisotopic (exact) mass is 623 g/mol. The number of rotatable bonds is 10. The molecule has 0 saturated heterocycles. The van der Waals surface area contributed by atoms with Gasteiger partial charge in [0.2, 0.25) is 0 Å². The van der Waals surface area contributed by atoms with Crippen LogP contribution in [0.4, 0.5) is 4.39 Å². The Morgan fingerprint density at radius 1 is 0.956 bits per heavy atom. The summed E-state index contributed by atoms with van der Waals surface area (Å²) in [6.07, 6.45) is 7.17. The maximum absolute atomic E-state index is 14.3. The molecule has 8 nitrogen and oxygen atoms in total. The van der Waals surface area contributed by atoms with Crippen molar-refractivity contribution in [2.24, 2.45) is 0 Å². The van der Waals surface area contributed by atoms with E-state index in [2.05, 4.69) is 4.98 Å². The molecule has 0 atom stereocenters. The number of halogens is 2. The molecule has 1 amide bonds. The Morgan fingerprint density at radius 2 is 1.67 bits per heavy atom. The Balaban J connectivity index is 1.34. The fourth-order valence-corrected chi connectivity index (χ4v) is 6.05. The van der Waals surface area contributed by atoms with Crippen molar-refractivity contribution < 1.29 is 18.7 Å². The molecule has 0 bridgehead atoms. The van der Waals surface area contributed by atoms with Crippen LogP contribution in [0.2, 0.25) is 5.02 Å². The lowest BCUT2D eigenvalue weighted by atomic mass is 9.97. The number of hydrogen-bond donors (Lipinski definition) is 0. The highest BCUT2D eigenvalue weighted by Crippen LogP contribution is 2.31. The fraction of sp³-hybridized carbons (Fsp3) is 0.229. The van der Waals surface area contributed by atoms with E-state index in [9.17, 15) is 14.0 Å². The Bertz CT molecular complexity index is 1820. The van der Waals surface area contributed by atoms with Gasteiger partial charge in [0.1, 0.15) is 11.6 Å². The van der Waals surface area contributed by atoms with Gasteiger partial charge >= 0.3 is 0 Å². The Kier molecular flexibility index (Phi) is 8.98. The van der Waals surface area contributed by atoms with Gasteiger partial charge in [-0.1, -0.05) is 42.6 Å². The van der Waals surface area contributed by atoms with E-state index in [0.717, 1.165) is 36.8 Å². The summed E-state index contributed by atoms with van der Waals surface area (Å²) < 4.78 is 20.7. The smallest absolute Gasteiger partial charge is 0.254 e. The van der Waals surface area contributed by atoms with Crippen LogP contribution >= 0.6 is 11.6 Å². The Labute approximate surface area is 265 Å². The summed E-state index contributed by atoms with van der Waals surface area (Å²) in [6, 6.07) is 21.3. The largest absolute Gasteiger partial charge is 0.495 e. The van der Waals surface area contributed by atoms with Crippen molar-refractivity contribution in [1.29, 1.82) is 0 Å². The maximum atomic E-state index is 14.3. The van der Waals surface area contributed by atoms with Crippen molar-refractivity contribution in [3.8, 4) is 28.5 Å². The third kappa shape index (κ3) is 6.49. The number of amides is 1. The second-order valence-electron chi connectivity index (χ2n) is 10.9. The molecule has 2 heterocycles. The number of pyridine rings is 1. The van der Waals surface area contributed by atoms with Crippen LogP contribution in [0.3, 0.4) is 0 Å². The van der Waals surface area contributed by atoms with E-state index in [1.54, 1.807) is 60.6 Å². The molecule has 2 aromatic heterocycles. The quantitative estimate of drug-likeness (QED) is 0.154. The van der Waals surface area contributed by atoms with Crippen molar-refractivity contribution in [2.75, 3.05) is 13.7 Å². The maximum Gasteiger partial charge on any atom is 0.254 e. The molecule has 0 N–H and O–H groups in total. The van der Waals surface area contributed by atoms with E-state index in [1.165, 1.54) is 24.3 Å². The molecule has 45 heavy (non-hydrogen) atoms. The predicted molar refractivity (Wildman–Crippen MR) is 170 cm³/mol. The average molecular weight is 624 g/mol. The molecular weight excluding hydrogens is 593 g/mol. The van der Waals surface area contributed by atoms with Gasteiger partial charge in [0, 0.05) is 47.2 Å². The van der Waals surface area contributed by atoms with Crippen LogP contribution in [0.5, 0.6) is 5.75 Å².